The van der Waals surface area contributed by atoms with Crippen LogP contribution in [0.2, 0.25) is 0 Å². The maximum atomic E-state index is 3.91. The first kappa shape index (κ1) is 31.0. The van der Waals surface area contributed by atoms with Crippen molar-refractivity contribution in [2.24, 2.45) is 5.92 Å². The van der Waals surface area contributed by atoms with E-state index in [4.69, 9.17) is 0 Å². The number of nitrogens with one attached hydrogen (secondary N) is 1. The minimum absolute atomic E-state index is 0.617. The fraction of sp³-hybridized carbons (Fsp3) is 0.556. The van der Waals surface area contributed by atoms with Crippen LogP contribution in [0.1, 0.15) is 93.4 Å². The van der Waals surface area contributed by atoms with Crippen LogP contribution in [-0.4, -0.2) is 0 Å². The molecule has 0 atom stereocenters. The molecule has 162 valence electrons. The van der Waals surface area contributed by atoms with E-state index in [1.54, 1.807) is 6.08 Å². The van der Waals surface area contributed by atoms with Crippen molar-refractivity contribution in [1.82, 2.24) is 5.32 Å². The number of allylic oxidation sites excluding steroid dienone is 7. The Morgan fingerprint density at radius 3 is 1.61 bits per heavy atom. The quantitative estimate of drug-likeness (QED) is 0.429. The molecule has 0 amide bonds. The Kier molecular flexibility index (Phi) is 27.9. The van der Waals surface area contributed by atoms with E-state index in [1.165, 1.54) is 56.2 Å². The average Bonchev–Trinajstić information content (AvgIpc) is 2.74. The van der Waals surface area contributed by atoms with Gasteiger partial charge in [0.25, 0.3) is 0 Å². The predicted octanol–water partition coefficient (Wildman–Crippen LogP) is 9.29. The molecule has 0 aromatic carbocycles. The second-order valence-electron chi connectivity index (χ2n) is 5.79. The van der Waals surface area contributed by atoms with Crippen molar-refractivity contribution in [1.29, 1.82) is 0 Å². The molecule has 1 saturated carbocycles. The van der Waals surface area contributed by atoms with Crippen LogP contribution in [0.3, 0.4) is 0 Å². The first-order valence-electron chi connectivity index (χ1n) is 11.5. The maximum absolute atomic E-state index is 3.91. The molecular weight excluding hydrogens is 338 g/mol. The van der Waals surface area contributed by atoms with Gasteiger partial charge in [0.2, 0.25) is 0 Å². The Hall–Kier alpha value is -1.76. The van der Waals surface area contributed by atoms with Gasteiger partial charge in [-0.25, -0.2) is 0 Å². The van der Waals surface area contributed by atoms with Crippen LogP contribution in [0.5, 0.6) is 0 Å². The minimum atomic E-state index is 0.617. The number of hydrogen-bond donors (Lipinski definition) is 1. The molecule has 0 saturated heterocycles. The van der Waals surface area contributed by atoms with E-state index in [9.17, 15) is 0 Å². The zero-order valence-corrected chi connectivity index (χ0v) is 20.1. The monoisotopic (exact) mass is 387 g/mol. The van der Waals surface area contributed by atoms with Gasteiger partial charge >= 0.3 is 0 Å². The van der Waals surface area contributed by atoms with Crippen molar-refractivity contribution >= 4 is 0 Å². The molecule has 0 aliphatic heterocycles. The molecule has 1 heteroatoms. The summed E-state index contributed by atoms with van der Waals surface area (Å²) in [5.74, 6) is 0.617. The normalized spacial score (nSPS) is 15.6. The summed E-state index contributed by atoms with van der Waals surface area (Å²) in [5.41, 5.74) is 3.51. The molecule has 0 aromatic rings. The van der Waals surface area contributed by atoms with Gasteiger partial charge in [0.15, 0.2) is 0 Å². The van der Waals surface area contributed by atoms with Crippen LogP contribution < -0.4 is 5.32 Å². The third-order valence-electron chi connectivity index (χ3n) is 4.24. The van der Waals surface area contributed by atoms with Gasteiger partial charge in [-0.05, 0) is 43.4 Å². The Morgan fingerprint density at radius 1 is 0.750 bits per heavy atom. The predicted molar refractivity (Wildman–Crippen MR) is 134 cm³/mol. The molecule has 1 aliphatic rings. The molecule has 0 unspecified atom stereocenters. The van der Waals surface area contributed by atoms with Gasteiger partial charge in [-0.2, -0.15) is 0 Å². The Balaban J connectivity index is -0.000000946. The van der Waals surface area contributed by atoms with E-state index in [0.717, 1.165) is 5.70 Å². The van der Waals surface area contributed by atoms with Crippen molar-refractivity contribution in [3.05, 3.63) is 73.2 Å². The topological polar surface area (TPSA) is 12.0 Å². The highest BCUT2D eigenvalue weighted by atomic mass is 14.9. The van der Waals surface area contributed by atoms with Gasteiger partial charge < -0.3 is 5.32 Å². The summed E-state index contributed by atoms with van der Waals surface area (Å²) in [6, 6.07) is 0. The fourth-order valence-electron chi connectivity index (χ4n) is 3.09. The minimum Gasteiger partial charge on any atom is -0.356 e. The van der Waals surface area contributed by atoms with Crippen molar-refractivity contribution in [2.75, 3.05) is 0 Å². The molecule has 0 heterocycles. The summed E-state index contributed by atoms with van der Waals surface area (Å²) in [6.07, 6.45) is 21.1. The zero-order valence-electron chi connectivity index (χ0n) is 20.1. The van der Waals surface area contributed by atoms with E-state index >= 15 is 0 Å². The summed E-state index contributed by atoms with van der Waals surface area (Å²) in [6.45, 7) is 25.6. The van der Waals surface area contributed by atoms with Crippen LogP contribution in [0, 0.1) is 5.92 Å². The molecule has 1 aliphatic carbocycles. The van der Waals surface area contributed by atoms with Gasteiger partial charge in [-0.1, -0.05) is 118 Å². The van der Waals surface area contributed by atoms with Crippen molar-refractivity contribution < 1.29 is 0 Å². The first-order chi connectivity index (χ1) is 13.8. The lowest BCUT2D eigenvalue weighted by atomic mass is 9.84. The summed E-state index contributed by atoms with van der Waals surface area (Å²) in [4.78, 5) is 0. The van der Waals surface area contributed by atoms with Crippen molar-refractivity contribution in [2.45, 2.75) is 93.4 Å². The molecular formula is C27H49N. The molecule has 1 fully saturated rings. The highest BCUT2D eigenvalue weighted by Crippen LogP contribution is 2.31. The molecule has 1 N–H and O–H groups in total. The van der Waals surface area contributed by atoms with Crippen LogP contribution in [-0.2, 0) is 0 Å². The number of rotatable bonds is 7. The van der Waals surface area contributed by atoms with Crippen LogP contribution >= 0.6 is 0 Å². The van der Waals surface area contributed by atoms with E-state index in [1.807, 2.05) is 59.8 Å². The smallest absolute Gasteiger partial charge is 0.0378 e. The van der Waals surface area contributed by atoms with Gasteiger partial charge in [-0.15, -0.1) is 0 Å². The van der Waals surface area contributed by atoms with Crippen LogP contribution in [0.4, 0.5) is 0 Å². The molecule has 0 spiro atoms. The largest absolute Gasteiger partial charge is 0.356 e. The second kappa shape index (κ2) is 25.2. The Morgan fingerprint density at radius 2 is 1.21 bits per heavy atom. The van der Waals surface area contributed by atoms with Crippen molar-refractivity contribution in [3.63, 3.8) is 0 Å². The third kappa shape index (κ3) is 14.3. The summed E-state index contributed by atoms with van der Waals surface area (Å²) in [5, 5.41) is 3.49. The molecule has 28 heavy (non-hydrogen) atoms. The van der Waals surface area contributed by atoms with Gasteiger partial charge in [-0.3, -0.25) is 0 Å². The average molecular weight is 388 g/mol. The van der Waals surface area contributed by atoms with Crippen LogP contribution in [0.25, 0.3) is 0 Å². The first-order valence-corrected chi connectivity index (χ1v) is 11.5. The summed E-state index contributed by atoms with van der Waals surface area (Å²) in [7, 11) is 0. The SMILES string of the molecule is C=C/C=C(\C(=C/C)N/C(C=C)=C/C=C)C1CCCCCCC1.CC.CC.CC. The lowest BCUT2D eigenvalue weighted by Gasteiger charge is -2.25. The highest BCUT2D eigenvalue weighted by molar-refractivity contribution is 5.38. The van der Waals surface area contributed by atoms with E-state index in [2.05, 4.69) is 44.1 Å². The molecule has 0 aromatic heterocycles. The zero-order chi connectivity index (χ0) is 22.2. The lowest BCUT2D eigenvalue weighted by Crippen LogP contribution is -2.19. The van der Waals surface area contributed by atoms with E-state index in [0.29, 0.717) is 5.92 Å². The van der Waals surface area contributed by atoms with Gasteiger partial charge in [0.1, 0.15) is 0 Å². The van der Waals surface area contributed by atoms with Crippen molar-refractivity contribution in [3.8, 4) is 0 Å². The second-order valence-corrected chi connectivity index (χ2v) is 5.79. The third-order valence-corrected chi connectivity index (χ3v) is 4.24. The maximum Gasteiger partial charge on any atom is 0.0378 e. The fourth-order valence-corrected chi connectivity index (χ4v) is 3.09. The summed E-state index contributed by atoms with van der Waals surface area (Å²) < 4.78 is 0. The molecule has 0 bridgehead atoms. The lowest BCUT2D eigenvalue weighted by molar-refractivity contribution is 0.421. The molecule has 0 radical (unpaired) electrons. The van der Waals surface area contributed by atoms with E-state index < -0.39 is 0 Å². The van der Waals surface area contributed by atoms with Gasteiger partial charge in [0, 0.05) is 11.4 Å². The summed E-state index contributed by atoms with van der Waals surface area (Å²) >= 11 is 0. The standard InChI is InChI=1S/C21H31N.3C2H6/c1-5-14-19(7-3)22-21(8-4)20(15-6-2)18-16-12-10-9-11-13-17-18;3*1-2/h5-8,14-15,18,22H,1-3,9-13,16-17H2,4H3;3*1-2H3/b19-14+,20-15-,21-8+;;;. The number of hydrogen-bond acceptors (Lipinski definition) is 1. The van der Waals surface area contributed by atoms with Gasteiger partial charge in [0.05, 0.1) is 0 Å². The molecule has 1 nitrogen and oxygen atoms in total. The molecule has 1 rings (SSSR count). The Bertz CT molecular complexity index is 455. The Labute approximate surface area is 178 Å². The van der Waals surface area contributed by atoms with E-state index in [-0.39, 0.29) is 0 Å². The highest BCUT2D eigenvalue weighted by Gasteiger charge is 2.18. The van der Waals surface area contributed by atoms with Crippen LogP contribution in [0.15, 0.2) is 73.2 Å².